The lowest BCUT2D eigenvalue weighted by Gasteiger charge is -2.10. The summed E-state index contributed by atoms with van der Waals surface area (Å²) in [5.74, 6) is 0.505. The highest BCUT2D eigenvalue weighted by Gasteiger charge is 2.27. The van der Waals surface area contributed by atoms with Crippen LogP contribution in [0, 0.1) is 0 Å². The third kappa shape index (κ3) is 7.04. The summed E-state index contributed by atoms with van der Waals surface area (Å²) in [6.45, 7) is 0. The molecule has 4 aromatic heterocycles. The Balaban J connectivity index is 0.000000154. The number of halogens is 1. The molecular formula is C40H39BrN4O4. The molecule has 2 aliphatic carbocycles. The van der Waals surface area contributed by atoms with Crippen molar-refractivity contribution in [3.05, 3.63) is 129 Å². The lowest BCUT2D eigenvalue weighted by Crippen LogP contribution is -2.09. The summed E-state index contributed by atoms with van der Waals surface area (Å²) in [4.78, 5) is 33.6. The van der Waals surface area contributed by atoms with Crippen LogP contribution in [0.1, 0.15) is 91.9 Å². The van der Waals surface area contributed by atoms with Crippen molar-refractivity contribution in [1.82, 2.24) is 19.1 Å². The maximum atomic E-state index is 12.2. The van der Waals surface area contributed by atoms with Crippen LogP contribution in [-0.4, -0.2) is 45.3 Å². The summed E-state index contributed by atoms with van der Waals surface area (Å²) in [6, 6.07) is 18.7. The van der Waals surface area contributed by atoms with Crippen LogP contribution in [0.15, 0.2) is 83.9 Å². The first-order valence-electron chi connectivity index (χ1n) is 16.6. The molecule has 49 heavy (non-hydrogen) atoms. The largest absolute Gasteiger partial charge is 0.465 e. The maximum Gasteiger partial charge on any atom is 0.339 e. The molecule has 0 N–H and O–H groups in total. The number of hydrogen-bond donors (Lipinski definition) is 0. The Morgan fingerprint density at radius 2 is 1.27 bits per heavy atom. The molecule has 0 spiro atoms. The van der Waals surface area contributed by atoms with Gasteiger partial charge in [0.15, 0.2) is 0 Å². The monoisotopic (exact) mass is 718 g/mol. The number of rotatable bonds is 8. The molecule has 8 rings (SSSR count). The average Bonchev–Trinajstić information content (AvgIpc) is 4.06. The Kier molecular flexibility index (Phi) is 9.11. The Labute approximate surface area is 294 Å². The van der Waals surface area contributed by atoms with Crippen LogP contribution in [0.4, 0.5) is 0 Å². The van der Waals surface area contributed by atoms with Crippen LogP contribution < -0.4 is 0 Å². The fourth-order valence-corrected chi connectivity index (χ4v) is 7.11. The second-order valence-corrected chi connectivity index (χ2v) is 14.0. The normalized spacial score (nSPS) is 14.1. The number of ether oxygens (including phenoxy) is 2. The van der Waals surface area contributed by atoms with E-state index in [1.807, 2.05) is 38.6 Å². The van der Waals surface area contributed by atoms with Crippen molar-refractivity contribution in [1.29, 1.82) is 0 Å². The molecule has 0 saturated heterocycles. The van der Waals surface area contributed by atoms with E-state index in [1.54, 1.807) is 0 Å². The number of pyridine rings is 2. The summed E-state index contributed by atoms with van der Waals surface area (Å²) in [5, 5.41) is 2.36. The molecule has 0 atom stereocenters. The molecule has 2 fully saturated rings. The standard InChI is InChI=1S/C20H19BrN2O2.C20H20N2O2/c1-23-11-17(21)15-7-12(3-6-19(15)23)8-18-16(20(24)25-2)9-14(10-22-18)13-4-5-13;1-22-8-7-15-9-13(3-6-19(15)22)10-18-17(20(23)24-2)11-16(12-21-18)14-4-5-14/h3,6-7,9-11,13H,4-5,8H2,1-2H3;3,6-9,11-12,14H,4-5,10H2,1-2H3. The van der Waals surface area contributed by atoms with Gasteiger partial charge in [0, 0.05) is 72.6 Å². The maximum absolute atomic E-state index is 12.2. The number of benzene rings is 2. The highest BCUT2D eigenvalue weighted by atomic mass is 79.9. The number of esters is 2. The van der Waals surface area contributed by atoms with Gasteiger partial charge >= 0.3 is 11.9 Å². The summed E-state index contributed by atoms with van der Waals surface area (Å²) < 4.78 is 15.2. The van der Waals surface area contributed by atoms with Gasteiger partial charge in [-0.05, 0) is 124 Å². The molecule has 0 aliphatic heterocycles. The van der Waals surface area contributed by atoms with Gasteiger partial charge in [0.2, 0.25) is 0 Å². The molecule has 250 valence electrons. The van der Waals surface area contributed by atoms with Gasteiger partial charge in [-0.3, -0.25) is 9.97 Å². The quantitative estimate of drug-likeness (QED) is 0.147. The van der Waals surface area contributed by atoms with Gasteiger partial charge in [-0.15, -0.1) is 0 Å². The first kappa shape index (κ1) is 32.8. The Morgan fingerprint density at radius 3 is 1.80 bits per heavy atom. The van der Waals surface area contributed by atoms with E-state index in [1.165, 1.54) is 56.3 Å². The predicted molar refractivity (Wildman–Crippen MR) is 194 cm³/mol. The minimum absolute atomic E-state index is 0.305. The van der Waals surface area contributed by atoms with Gasteiger partial charge in [0.25, 0.3) is 0 Å². The van der Waals surface area contributed by atoms with E-state index < -0.39 is 0 Å². The van der Waals surface area contributed by atoms with Crippen LogP contribution in [-0.2, 0) is 36.4 Å². The number of carbonyl (C=O) groups is 2. The van der Waals surface area contributed by atoms with Crippen molar-refractivity contribution < 1.29 is 19.1 Å². The van der Waals surface area contributed by atoms with E-state index in [0.717, 1.165) is 43.5 Å². The summed E-state index contributed by atoms with van der Waals surface area (Å²) in [5.41, 5.74) is 9.65. The van der Waals surface area contributed by atoms with E-state index in [4.69, 9.17) is 9.47 Å². The van der Waals surface area contributed by atoms with Gasteiger partial charge in [-0.1, -0.05) is 12.1 Å². The summed E-state index contributed by atoms with van der Waals surface area (Å²) in [7, 11) is 6.91. The van der Waals surface area contributed by atoms with Gasteiger partial charge in [-0.2, -0.15) is 0 Å². The highest BCUT2D eigenvalue weighted by molar-refractivity contribution is 9.10. The molecule has 6 aromatic rings. The summed E-state index contributed by atoms with van der Waals surface area (Å²) >= 11 is 3.61. The second kappa shape index (κ2) is 13.6. The fourth-order valence-electron chi connectivity index (χ4n) is 6.48. The van der Waals surface area contributed by atoms with Gasteiger partial charge in [0.1, 0.15) is 0 Å². The number of fused-ring (bicyclic) bond motifs is 2. The zero-order valence-corrected chi connectivity index (χ0v) is 29.8. The average molecular weight is 720 g/mol. The minimum Gasteiger partial charge on any atom is -0.465 e. The molecule has 9 heteroatoms. The van der Waals surface area contributed by atoms with Crippen LogP contribution >= 0.6 is 15.9 Å². The third-order valence-corrected chi connectivity index (χ3v) is 10.2. The lowest BCUT2D eigenvalue weighted by atomic mass is 10.0. The molecule has 4 heterocycles. The first-order chi connectivity index (χ1) is 23.7. The van der Waals surface area contributed by atoms with Crippen LogP contribution in [0.25, 0.3) is 21.8 Å². The van der Waals surface area contributed by atoms with Gasteiger partial charge in [-0.25, -0.2) is 9.59 Å². The van der Waals surface area contributed by atoms with Crippen molar-refractivity contribution in [2.45, 2.75) is 50.4 Å². The third-order valence-electron chi connectivity index (χ3n) is 9.59. The molecule has 0 amide bonds. The molecular weight excluding hydrogens is 680 g/mol. The topological polar surface area (TPSA) is 88.2 Å². The van der Waals surface area contributed by atoms with E-state index >= 15 is 0 Å². The number of carbonyl (C=O) groups excluding carboxylic acids is 2. The Hall–Kier alpha value is -4.76. The predicted octanol–water partition coefficient (Wildman–Crippen LogP) is 8.42. The summed E-state index contributed by atoms with van der Waals surface area (Å²) in [6.07, 6.45) is 13.9. The fraction of sp³-hybridized carbons (Fsp3) is 0.300. The van der Waals surface area contributed by atoms with Crippen molar-refractivity contribution in [3.8, 4) is 0 Å². The van der Waals surface area contributed by atoms with Crippen LogP contribution in [0.5, 0.6) is 0 Å². The van der Waals surface area contributed by atoms with Crippen molar-refractivity contribution in [2.24, 2.45) is 14.1 Å². The van der Waals surface area contributed by atoms with E-state index in [-0.39, 0.29) is 11.9 Å². The molecule has 0 radical (unpaired) electrons. The molecule has 0 unspecified atom stereocenters. The van der Waals surface area contributed by atoms with Crippen LogP contribution in [0.3, 0.4) is 0 Å². The highest BCUT2D eigenvalue weighted by Crippen LogP contribution is 2.41. The molecule has 2 aliphatic rings. The van der Waals surface area contributed by atoms with Crippen molar-refractivity contribution >= 4 is 49.7 Å². The van der Waals surface area contributed by atoms with E-state index in [0.29, 0.717) is 35.8 Å². The number of nitrogens with zero attached hydrogens (tertiary/aromatic N) is 4. The molecule has 0 bridgehead atoms. The van der Waals surface area contributed by atoms with Gasteiger partial charge < -0.3 is 18.6 Å². The molecule has 8 nitrogen and oxygen atoms in total. The van der Waals surface area contributed by atoms with Crippen LogP contribution in [0.2, 0.25) is 0 Å². The lowest BCUT2D eigenvalue weighted by molar-refractivity contribution is 0.0590. The zero-order chi connectivity index (χ0) is 34.2. The zero-order valence-electron chi connectivity index (χ0n) is 28.2. The smallest absolute Gasteiger partial charge is 0.339 e. The minimum atomic E-state index is -0.313. The molecule has 2 aromatic carbocycles. The Morgan fingerprint density at radius 1 is 0.735 bits per heavy atom. The first-order valence-corrected chi connectivity index (χ1v) is 17.4. The van der Waals surface area contributed by atoms with Crippen molar-refractivity contribution in [2.75, 3.05) is 14.2 Å². The second-order valence-electron chi connectivity index (χ2n) is 13.2. The van der Waals surface area contributed by atoms with E-state index in [2.05, 4.69) is 89.9 Å². The van der Waals surface area contributed by atoms with Gasteiger partial charge in [0.05, 0.1) is 36.7 Å². The SMILES string of the molecule is COC(=O)c1cc(C2CC2)cnc1Cc1ccc2c(c1)c(Br)cn2C.COC(=O)c1cc(C2CC2)cnc1Cc1ccc2c(ccn2C)c1. The molecule has 2 saturated carbocycles. The number of methoxy groups -OCH3 is 2. The van der Waals surface area contributed by atoms with E-state index in [9.17, 15) is 9.59 Å². The Bertz CT molecular complexity index is 2210. The number of aromatic nitrogens is 4. The number of hydrogen-bond acceptors (Lipinski definition) is 6. The van der Waals surface area contributed by atoms with Crippen molar-refractivity contribution in [3.63, 3.8) is 0 Å². The number of aryl methyl sites for hydroxylation is 2.